The van der Waals surface area contributed by atoms with Crippen molar-refractivity contribution in [3.8, 4) is 6.07 Å². The summed E-state index contributed by atoms with van der Waals surface area (Å²) in [5.74, 6) is -0.781. The van der Waals surface area contributed by atoms with Crippen LogP contribution in [-0.4, -0.2) is 24.7 Å². The average Bonchev–Trinajstić information content (AvgIpc) is 2.62. The molecule has 0 spiro atoms. The SMILES string of the molecule is CSc1ccc(C(=O)OCCC(=O)Nc2ccccc2C#N)cc1. The molecule has 0 aliphatic carbocycles. The fourth-order valence-corrected chi connectivity index (χ4v) is 2.36. The Morgan fingerprint density at radius 1 is 1.17 bits per heavy atom. The smallest absolute Gasteiger partial charge is 0.338 e. The maximum Gasteiger partial charge on any atom is 0.338 e. The maximum absolute atomic E-state index is 11.9. The number of thioether (sulfide) groups is 1. The summed E-state index contributed by atoms with van der Waals surface area (Å²) in [5.41, 5.74) is 1.28. The number of rotatable bonds is 6. The van der Waals surface area contributed by atoms with Gasteiger partial charge in [-0.3, -0.25) is 4.79 Å². The highest BCUT2D eigenvalue weighted by atomic mass is 32.2. The zero-order valence-corrected chi connectivity index (χ0v) is 13.9. The van der Waals surface area contributed by atoms with Crippen molar-refractivity contribution < 1.29 is 14.3 Å². The zero-order chi connectivity index (χ0) is 17.4. The summed E-state index contributed by atoms with van der Waals surface area (Å²) in [7, 11) is 0. The van der Waals surface area contributed by atoms with Crippen molar-refractivity contribution >= 4 is 29.3 Å². The van der Waals surface area contributed by atoms with E-state index in [2.05, 4.69) is 5.32 Å². The van der Waals surface area contributed by atoms with Gasteiger partial charge in [0.05, 0.1) is 23.2 Å². The number of carbonyl (C=O) groups excluding carboxylic acids is 2. The van der Waals surface area contributed by atoms with Crippen LogP contribution in [0, 0.1) is 11.3 Å². The van der Waals surface area contributed by atoms with Gasteiger partial charge in [0.1, 0.15) is 12.7 Å². The van der Waals surface area contributed by atoms with Crippen LogP contribution in [0.1, 0.15) is 22.3 Å². The number of esters is 1. The quantitative estimate of drug-likeness (QED) is 0.643. The highest BCUT2D eigenvalue weighted by Crippen LogP contribution is 2.16. The van der Waals surface area contributed by atoms with E-state index in [0.29, 0.717) is 16.8 Å². The molecule has 0 aliphatic heterocycles. The average molecular weight is 340 g/mol. The number of carbonyl (C=O) groups is 2. The van der Waals surface area contributed by atoms with Crippen molar-refractivity contribution in [2.24, 2.45) is 0 Å². The topological polar surface area (TPSA) is 79.2 Å². The Labute approximate surface area is 144 Å². The van der Waals surface area contributed by atoms with Crippen LogP contribution in [0.3, 0.4) is 0 Å². The van der Waals surface area contributed by atoms with Crippen LogP contribution >= 0.6 is 11.8 Å². The number of nitriles is 1. The van der Waals surface area contributed by atoms with Gasteiger partial charge in [-0.05, 0) is 42.7 Å². The molecule has 6 heteroatoms. The minimum atomic E-state index is -0.465. The Hall–Kier alpha value is -2.78. The molecule has 2 aromatic rings. The molecule has 1 amide bonds. The monoisotopic (exact) mass is 340 g/mol. The first-order chi connectivity index (χ1) is 11.6. The number of para-hydroxylation sites is 1. The van der Waals surface area contributed by atoms with E-state index in [1.165, 1.54) is 0 Å². The van der Waals surface area contributed by atoms with Gasteiger partial charge in [-0.25, -0.2) is 4.79 Å². The van der Waals surface area contributed by atoms with Crippen molar-refractivity contribution in [3.63, 3.8) is 0 Å². The number of benzene rings is 2. The minimum Gasteiger partial charge on any atom is -0.462 e. The van der Waals surface area contributed by atoms with E-state index in [4.69, 9.17) is 10.00 Å². The number of anilines is 1. The van der Waals surface area contributed by atoms with Crippen LogP contribution in [0.5, 0.6) is 0 Å². The first kappa shape index (κ1) is 17.6. The van der Waals surface area contributed by atoms with Crippen LogP contribution in [0.25, 0.3) is 0 Å². The minimum absolute atomic E-state index is 0.0222. The van der Waals surface area contributed by atoms with Crippen molar-refractivity contribution in [2.45, 2.75) is 11.3 Å². The van der Waals surface area contributed by atoms with E-state index in [1.54, 1.807) is 48.2 Å². The molecule has 5 nitrogen and oxygen atoms in total. The predicted molar refractivity (Wildman–Crippen MR) is 92.9 cm³/mol. The van der Waals surface area contributed by atoms with Crippen molar-refractivity contribution in [1.82, 2.24) is 0 Å². The predicted octanol–water partition coefficient (Wildman–Crippen LogP) is 3.47. The maximum atomic E-state index is 11.9. The Kier molecular flexibility index (Phi) is 6.41. The number of nitrogens with one attached hydrogen (secondary N) is 1. The summed E-state index contributed by atoms with van der Waals surface area (Å²) in [6.07, 6.45) is 1.98. The molecule has 24 heavy (non-hydrogen) atoms. The molecular formula is C18H16N2O3S. The van der Waals surface area contributed by atoms with Gasteiger partial charge in [-0.1, -0.05) is 12.1 Å². The molecule has 0 heterocycles. The molecule has 0 unspecified atom stereocenters. The molecule has 2 aromatic carbocycles. The molecular weight excluding hydrogens is 324 g/mol. The lowest BCUT2D eigenvalue weighted by Crippen LogP contribution is -2.16. The Bertz CT molecular complexity index is 767. The van der Waals surface area contributed by atoms with Gasteiger partial charge >= 0.3 is 5.97 Å². The van der Waals surface area contributed by atoms with Gasteiger partial charge < -0.3 is 10.1 Å². The van der Waals surface area contributed by atoms with Crippen molar-refractivity contribution in [3.05, 3.63) is 59.7 Å². The second-order valence-electron chi connectivity index (χ2n) is 4.82. The van der Waals surface area contributed by atoms with Crippen LogP contribution in [0.4, 0.5) is 5.69 Å². The zero-order valence-electron chi connectivity index (χ0n) is 13.1. The Morgan fingerprint density at radius 3 is 2.54 bits per heavy atom. The van der Waals surface area contributed by atoms with Gasteiger partial charge in [0.2, 0.25) is 5.91 Å². The Morgan fingerprint density at radius 2 is 1.88 bits per heavy atom. The van der Waals surface area contributed by atoms with E-state index in [0.717, 1.165) is 4.90 Å². The lowest BCUT2D eigenvalue weighted by Gasteiger charge is -2.08. The molecule has 1 N–H and O–H groups in total. The van der Waals surface area contributed by atoms with Crippen molar-refractivity contribution in [1.29, 1.82) is 5.26 Å². The highest BCUT2D eigenvalue weighted by molar-refractivity contribution is 7.98. The first-order valence-electron chi connectivity index (χ1n) is 7.24. The fraction of sp³-hybridized carbons (Fsp3) is 0.167. The summed E-state index contributed by atoms with van der Waals surface area (Å²) < 4.78 is 5.09. The number of ether oxygens (including phenoxy) is 1. The van der Waals surface area contributed by atoms with Gasteiger partial charge in [0, 0.05) is 4.90 Å². The van der Waals surface area contributed by atoms with E-state index in [-0.39, 0.29) is 18.9 Å². The Balaban J connectivity index is 1.81. The molecule has 2 rings (SSSR count). The summed E-state index contributed by atoms with van der Waals surface area (Å²) >= 11 is 1.59. The normalized spacial score (nSPS) is 9.83. The second-order valence-corrected chi connectivity index (χ2v) is 5.70. The molecule has 122 valence electrons. The van der Waals surface area contributed by atoms with E-state index >= 15 is 0 Å². The highest BCUT2D eigenvalue weighted by Gasteiger charge is 2.10. The molecule has 0 saturated carbocycles. The van der Waals surface area contributed by atoms with E-state index < -0.39 is 5.97 Å². The van der Waals surface area contributed by atoms with E-state index in [9.17, 15) is 9.59 Å². The third-order valence-corrected chi connectivity index (χ3v) is 3.95. The molecule has 0 saturated heterocycles. The summed E-state index contributed by atoms with van der Waals surface area (Å²) in [4.78, 5) is 24.8. The second kappa shape index (κ2) is 8.75. The number of amides is 1. The molecule has 0 aliphatic rings. The lowest BCUT2D eigenvalue weighted by molar-refractivity contribution is -0.116. The summed E-state index contributed by atoms with van der Waals surface area (Å²) in [6, 6.07) is 15.8. The molecule has 0 atom stereocenters. The van der Waals surface area contributed by atoms with Gasteiger partial charge in [-0.2, -0.15) is 5.26 Å². The lowest BCUT2D eigenvalue weighted by atomic mass is 10.2. The van der Waals surface area contributed by atoms with Crippen LogP contribution < -0.4 is 5.32 Å². The third kappa shape index (κ3) is 4.86. The summed E-state index contributed by atoms with van der Waals surface area (Å²) in [5, 5.41) is 11.6. The number of hydrogen-bond donors (Lipinski definition) is 1. The largest absolute Gasteiger partial charge is 0.462 e. The number of nitrogens with zero attached hydrogens (tertiary/aromatic N) is 1. The molecule has 0 aromatic heterocycles. The van der Waals surface area contributed by atoms with Gasteiger partial charge in [0.25, 0.3) is 0 Å². The number of hydrogen-bond acceptors (Lipinski definition) is 5. The molecule has 0 fully saturated rings. The first-order valence-corrected chi connectivity index (χ1v) is 8.46. The third-order valence-electron chi connectivity index (χ3n) is 3.21. The fourth-order valence-electron chi connectivity index (χ4n) is 1.95. The van der Waals surface area contributed by atoms with Crippen LogP contribution in [-0.2, 0) is 9.53 Å². The standard InChI is InChI=1S/C18H16N2O3S/c1-24-15-8-6-13(7-9-15)18(22)23-11-10-17(21)20-16-5-3-2-4-14(16)12-19/h2-9H,10-11H2,1H3,(H,20,21). The van der Waals surface area contributed by atoms with Crippen LogP contribution in [0.15, 0.2) is 53.4 Å². The van der Waals surface area contributed by atoms with Crippen LogP contribution in [0.2, 0.25) is 0 Å². The summed E-state index contributed by atoms with van der Waals surface area (Å²) in [6.45, 7) is -0.0241. The molecule has 0 radical (unpaired) electrons. The van der Waals surface area contributed by atoms with Gasteiger partial charge in [-0.15, -0.1) is 11.8 Å². The van der Waals surface area contributed by atoms with Gasteiger partial charge in [0.15, 0.2) is 0 Å². The van der Waals surface area contributed by atoms with E-state index in [1.807, 2.05) is 24.5 Å². The molecule has 0 bridgehead atoms. The van der Waals surface area contributed by atoms with Crippen molar-refractivity contribution in [2.75, 3.05) is 18.2 Å².